The Morgan fingerprint density at radius 1 is 1.38 bits per heavy atom. The molecule has 5 nitrogen and oxygen atoms in total. The highest BCUT2D eigenvalue weighted by Crippen LogP contribution is 2.31. The second-order valence-electron chi connectivity index (χ2n) is 5.55. The van der Waals surface area contributed by atoms with Gasteiger partial charge in [0, 0.05) is 12.6 Å². The number of halogens is 3. The van der Waals surface area contributed by atoms with Gasteiger partial charge in [0.2, 0.25) is 0 Å². The minimum atomic E-state index is -4.49. The van der Waals surface area contributed by atoms with Crippen molar-refractivity contribution in [3.05, 3.63) is 29.8 Å². The van der Waals surface area contributed by atoms with E-state index >= 15 is 0 Å². The Morgan fingerprint density at radius 2 is 2.08 bits per heavy atom. The number of likely N-dealkylation sites (N-methyl/N-ethyl adjacent to an activating group) is 1. The van der Waals surface area contributed by atoms with Gasteiger partial charge in [-0.05, 0) is 31.5 Å². The van der Waals surface area contributed by atoms with Crippen molar-refractivity contribution < 1.29 is 31.1 Å². The van der Waals surface area contributed by atoms with E-state index in [2.05, 4.69) is 0 Å². The fourth-order valence-corrected chi connectivity index (χ4v) is 4.38. The number of sulfone groups is 1. The molecule has 1 aromatic rings. The van der Waals surface area contributed by atoms with Crippen molar-refractivity contribution in [2.24, 2.45) is 0 Å². The van der Waals surface area contributed by atoms with E-state index in [0.717, 1.165) is 12.1 Å². The van der Waals surface area contributed by atoms with E-state index < -0.39 is 40.1 Å². The van der Waals surface area contributed by atoms with Crippen molar-refractivity contribution in [3.8, 4) is 5.75 Å². The maximum absolute atomic E-state index is 12.6. The van der Waals surface area contributed by atoms with E-state index in [-0.39, 0.29) is 17.3 Å². The Morgan fingerprint density at radius 3 is 2.62 bits per heavy atom. The zero-order valence-electron chi connectivity index (χ0n) is 13.0. The van der Waals surface area contributed by atoms with Crippen molar-refractivity contribution in [2.45, 2.75) is 25.6 Å². The molecule has 1 atom stereocenters. The van der Waals surface area contributed by atoms with Crippen molar-refractivity contribution in [1.82, 2.24) is 4.90 Å². The van der Waals surface area contributed by atoms with Crippen LogP contribution in [0.25, 0.3) is 0 Å². The zero-order valence-corrected chi connectivity index (χ0v) is 13.9. The lowest BCUT2D eigenvalue weighted by Crippen LogP contribution is -2.43. The maximum Gasteiger partial charge on any atom is 0.416 e. The van der Waals surface area contributed by atoms with Crippen LogP contribution in [-0.4, -0.2) is 49.9 Å². The molecular weight excluding hydrogens is 347 g/mol. The third kappa shape index (κ3) is 4.62. The SMILES string of the molecule is CCN(C(=O)COc1cccc(C(F)(F)F)c1)C1CCS(=O)(=O)C1. The summed E-state index contributed by atoms with van der Waals surface area (Å²) in [7, 11) is -3.13. The molecule has 1 saturated heterocycles. The monoisotopic (exact) mass is 365 g/mol. The predicted octanol–water partition coefficient (Wildman–Crippen LogP) is 2.12. The summed E-state index contributed by atoms with van der Waals surface area (Å²) in [6, 6.07) is 3.86. The molecular formula is C15H18F3NO4S. The highest BCUT2D eigenvalue weighted by Gasteiger charge is 2.34. The normalized spacial score (nSPS) is 19.9. The highest BCUT2D eigenvalue weighted by atomic mass is 32.2. The van der Waals surface area contributed by atoms with Crippen molar-refractivity contribution in [2.75, 3.05) is 24.7 Å². The second kappa shape index (κ2) is 7.00. The largest absolute Gasteiger partial charge is 0.484 e. The standard InChI is InChI=1S/C15H18F3NO4S/c1-2-19(12-6-7-24(21,22)10-12)14(20)9-23-13-5-3-4-11(8-13)15(16,17)18/h3-5,8,12H,2,6-7,9-10H2,1H3. The van der Waals surface area contributed by atoms with Gasteiger partial charge in [0.25, 0.3) is 5.91 Å². The molecule has 1 aromatic carbocycles. The van der Waals surface area contributed by atoms with Crippen LogP contribution in [0.2, 0.25) is 0 Å². The molecule has 0 aliphatic carbocycles. The first kappa shape index (κ1) is 18.6. The summed E-state index contributed by atoms with van der Waals surface area (Å²) in [4.78, 5) is 13.6. The van der Waals surface area contributed by atoms with Gasteiger partial charge in [-0.25, -0.2) is 8.42 Å². The predicted molar refractivity (Wildman–Crippen MR) is 81.4 cm³/mol. The molecule has 1 heterocycles. The van der Waals surface area contributed by atoms with Crippen LogP contribution in [-0.2, 0) is 20.8 Å². The molecule has 1 aliphatic heterocycles. The van der Waals surface area contributed by atoms with Gasteiger partial charge < -0.3 is 9.64 Å². The number of amides is 1. The summed E-state index contributed by atoms with van der Waals surface area (Å²) in [6.07, 6.45) is -4.12. The fraction of sp³-hybridized carbons (Fsp3) is 0.533. The van der Waals surface area contributed by atoms with Crippen LogP contribution in [0.1, 0.15) is 18.9 Å². The Kier molecular flexibility index (Phi) is 5.42. The first-order valence-electron chi connectivity index (χ1n) is 7.42. The first-order chi connectivity index (χ1) is 11.1. The average molecular weight is 365 g/mol. The third-order valence-corrected chi connectivity index (χ3v) is 5.58. The van der Waals surface area contributed by atoms with Crippen LogP contribution in [0, 0.1) is 0 Å². The lowest BCUT2D eigenvalue weighted by molar-refractivity contribution is -0.137. The van der Waals surface area contributed by atoms with E-state index in [1.807, 2.05) is 0 Å². The van der Waals surface area contributed by atoms with E-state index in [1.165, 1.54) is 17.0 Å². The number of carbonyl (C=O) groups excluding carboxylic acids is 1. The quantitative estimate of drug-likeness (QED) is 0.802. The summed E-state index contributed by atoms with van der Waals surface area (Å²) in [6.45, 7) is 1.59. The van der Waals surface area contributed by atoms with Crippen molar-refractivity contribution in [1.29, 1.82) is 0 Å². The molecule has 1 aliphatic rings. The van der Waals surface area contributed by atoms with E-state index in [9.17, 15) is 26.4 Å². The van der Waals surface area contributed by atoms with Gasteiger partial charge in [-0.1, -0.05) is 6.07 Å². The fourth-order valence-electron chi connectivity index (χ4n) is 2.65. The lowest BCUT2D eigenvalue weighted by atomic mass is 10.2. The number of ether oxygens (including phenoxy) is 1. The van der Waals surface area contributed by atoms with Crippen LogP contribution >= 0.6 is 0 Å². The van der Waals surface area contributed by atoms with Gasteiger partial charge in [0.15, 0.2) is 16.4 Å². The summed E-state index contributed by atoms with van der Waals surface area (Å²) in [5.41, 5.74) is -0.860. The number of carbonyl (C=O) groups is 1. The van der Waals surface area contributed by atoms with Gasteiger partial charge in [0.05, 0.1) is 17.1 Å². The molecule has 0 radical (unpaired) electrons. The van der Waals surface area contributed by atoms with Crippen LogP contribution in [0.4, 0.5) is 13.2 Å². The Labute approximate surface area is 138 Å². The van der Waals surface area contributed by atoms with Gasteiger partial charge in [-0.3, -0.25) is 4.79 Å². The summed E-state index contributed by atoms with van der Waals surface area (Å²) >= 11 is 0. The molecule has 9 heteroatoms. The Bertz CT molecular complexity index is 703. The molecule has 0 saturated carbocycles. The van der Waals surface area contributed by atoms with Gasteiger partial charge in [0.1, 0.15) is 5.75 Å². The minimum Gasteiger partial charge on any atom is -0.484 e. The van der Waals surface area contributed by atoms with Crippen LogP contribution in [0.3, 0.4) is 0 Å². The van der Waals surface area contributed by atoms with Gasteiger partial charge in [-0.15, -0.1) is 0 Å². The molecule has 0 N–H and O–H groups in total. The van der Waals surface area contributed by atoms with Crippen molar-refractivity contribution >= 4 is 15.7 Å². The molecule has 2 rings (SSSR count). The van der Waals surface area contributed by atoms with Crippen molar-refractivity contribution in [3.63, 3.8) is 0 Å². The van der Waals surface area contributed by atoms with Crippen LogP contribution in [0.15, 0.2) is 24.3 Å². The Hall–Kier alpha value is -1.77. The summed E-state index contributed by atoms with van der Waals surface area (Å²) in [5.74, 6) is -0.559. The number of nitrogens with zero attached hydrogens (tertiary/aromatic N) is 1. The molecule has 24 heavy (non-hydrogen) atoms. The third-order valence-electron chi connectivity index (χ3n) is 3.83. The van der Waals surface area contributed by atoms with E-state index in [1.54, 1.807) is 6.92 Å². The highest BCUT2D eigenvalue weighted by molar-refractivity contribution is 7.91. The molecule has 0 bridgehead atoms. The second-order valence-corrected chi connectivity index (χ2v) is 7.78. The van der Waals surface area contributed by atoms with Gasteiger partial charge in [-0.2, -0.15) is 13.2 Å². The maximum atomic E-state index is 12.6. The number of hydrogen-bond donors (Lipinski definition) is 0. The Balaban J connectivity index is 1.99. The van der Waals surface area contributed by atoms with E-state index in [0.29, 0.717) is 13.0 Å². The van der Waals surface area contributed by atoms with Crippen LogP contribution < -0.4 is 4.74 Å². The average Bonchev–Trinajstić information content (AvgIpc) is 2.85. The number of rotatable bonds is 5. The zero-order chi connectivity index (χ0) is 18.0. The molecule has 1 unspecified atom stereocenters. The molecule has 0 spiro atoms. The molecule has 1 fully saturated rings. The number of benzene rings is 1. The summed E-state index contributed by atoms with van der Waals surface area (Å²) in [5, 5.41) is 0. The van der Waals surface area contributed by atoms with E-state index in [4.69, 9.17) is 4.74 Å². The number of hydrogen-bond acceptors (Lipinski definition) is 4. The minimum absolute atomic E-state index is 0.0376. The molecule has 1 amide bonds. The molecule has 134 valence electrons. The smallest absolute Gasteiger partial charge is 0.416 e. The number of alkyl halides is 3. The summed E-state index contributed by atoms with van der Waals surface area (Å²) < 4.78 is 66.1. The molecule has 0 aromatic heterocycles. The van der Waals surface area contributed by atoms with Crippen LogP contribution in [0.5, 0.6) is 5.75 Å². The van der Waals surface area contributed by atoms with Gasteiger partial charge >= 0.3 is 6.18 Å². The lowest BCUT2D eigenvalue weighted by Gasteiger charge is -2.26. The first-order valence-corrected chi connectivity index (χ1v) is 9.24. The topological polar surface area (TPSA) is 63.7 Å².